The van der Waals surface area contributed by atoms with E-state index in [4.69, 9.17) is 15.2 Å². The summed E-state index contributed by atoms with van der Waals surface area (Å²) < 4.78 is 141. The Morgan fingerprint density at radius 2 is 1.07 bits per heavy atom. The summed E-state index contributed by atoms with van der Waals surface area (Å²) in [5, 5.41) is 13.7. The highest BCUT2D eigenvalue weighted by Crippen LogP contribution is 2.45. The van der Waals surface area contributed by atoms with Gasteiger partial charge in [0.2, 0.25) is 11.8 Å². The Kier molecular flexibility index (Phi) is 13.0. The molecule has 0 radical (unpaired) electrons. The number of amides is 2. The van der Waals surface area contributed by atoms with Crippen molar-refractivity contribution in [2.24, 2.45) is 0 Å². The molecule has 0 saturated heterocycles. The summed E-state index contributed by atoms with van der Waals surface area (Å²) >= 11 is 3.24. The fraction of sp³-hybridized carbons (Fsp3) is 0.400. The zero-order valence-corrected chi connectivity index (χ0v) is 37.9. The van der Waals surface area contributed by atoms with Crippen molar-refractivity contribution in [1.29, 1.82) is 0 Å². The topological polar surface area (TPSA) is 250 Å². The molecule has 2 aliphatic rings. The molecule has 30 heteroatoms. The number of carbonyl (C=O) groups excluding carboxylic acids is 4. The highest BCUT2D eigenvalue weighted by atomic mass is 79.9. The monoisotopic (exact) mass is 1060 g/mol. The van der Waals surface area contributed by atoms with Crippen LogP contribution in [0.4, 0.5) is 61.4 Å². The smallest absolute Gasteiger partial charge is 0.453 e. The van der Waals surface area contributed by atoms with Crippen LogP contribution in [-0.2, 0) is 52.6 Å². The molecule has 2 atom stereocenters. The van der Waals surface area contributed by atoms with Crippen LogP contribution in [0.3, 0.4) is 0 Å². The number of aromatic nitrogens is 10. The number of anilines is 3. The molecule has 8 rings (SSSR count). The molecule has 70 heavy (non-hydrogen) atoms. The van der Waals surface area contributed by atoms with Gasteiger partial charge in [0, 0.05) is 38.3 Å². The molecule has 4 N–H and O–H groups in total. The van der Waals surface area contributed by atoms with E-state index in [1.807, 2.05) is 0 Å². The predicted molar refractivity (Wildman–Crippen MR) is 226 cm³/mol. The number of pyridine rings is 2. The van der Waals surface area contributed by atoms with Gasteiger partial charge in [0.15, 0.2) is 33.8 Å². The van der Waals surface area contributed by atoms with E-state index in [0.29, 0.717) is 0 Å². The quantitative estimate of drug-likeness (QED) is 0.0491. The molecule has 2 aliphatic heterocycles. The molecule has 8 heterocycles. The van der Waals surface area contributed by atoms with E-state index in [9.17, 15) is 63.1 Å². The second-order valence-electron chi connectivity index (χ2n) is 15.6. The van der Waals surface area contributed by atoms with E-state index in [2.05, 4.69) is 66.7 Å². The van der Waals surface area contributed by atoms with Crippen LogP contribution < -0.4 is 16.4 Å². The fourth-order valence-corrected chi connectivity index (χ4v) is 8.06. The average Bonchev–Trinajstić information content (AvgIpc) is 4.00. The summed E-state index contributed by atoms with van der Waals surface area (Å²) in [5.74, 6) is -13.5. The molecule has 19 nitrogen and oxygen atoms in total. The van der Waals surface area contributed by atoms with Crippen LogP contribution in [0.1, 0.15) is 51.7 Å². The summed E-state index contributed by atoms with van der Waals surface area (Å²) in [7, 11) is 0. The Hall–Kier alpha value is -7.14. The number of rotatable bonds is 12. The number of nitrogens with zero attached hydrogens (tertiary/aromatic N) is 10. The van der Waals surface area contributed by atoms with Crippen molar-refractivity contribution in [2.45, 2.75) is 88.7 Å². The summed E-state index contributed by atoms with van der Waals surface area (Å²) in [4.78, 5) is 75.2. The normalized spacial score (nSPS) is 18.0. The average molecular weight is 1060 g/mol. The van der Waals surface area contributed by atoms with Gasteiger partial charge in [-0.3, -0.25) is 19.2 Å². The Balaban J connectivity index is 0.000000206. The van der Waals surface area contributed by atoms with Gasteiger partial charge >= 0.3 is 36.1 Å². The van der Waals surface area contributed by atoms with Crippen molar-refractivity contribution in [1.82, 2.24) is 49.5 Å². The maximum Gasteiger partial charge on any atom is 0.453 e. The highest BCUT2D eigenvalue weighted by Gasteiger charge is 2.58. The van der Waals surface area contributed by atoms with Crippen LogP contribution in [0.5, 0.6) is 0 Å². The van der Waals surface area contributed by atoms with Gasteiger partial charge in [-0.25, -0.2) is 39.3 Å². The number of alkyl halides is 10. The lowest BCUT2D eigenvalue weighted by atomic mass is 9.84. The lowest BCUT2D eigenvalue weighted by molar-refractivity contribution is -0.285. The number of esters is 2. The largest absolute Gasteiger partial charge is 0.465 e. The zero-order chi connectivity index (χ0) is 51.5. The van der Waals surface area contributed by atoms with Gasteiger partial charge in [-0.1, -0.05) is 0 Å². The molecule has 6 aromatic heterocycles. The van der Waals surface area contributed by atoms with E-state index in [0.717, 1.165) is 9.36 Å². The van der Waals surface area contributed by atoms with Crippen LogP contribution in [-0.4, -0.2) is 111 Å². The van der Waals surface area contributed by atoms with Crippen molar-refractivity contribution in [3.05, 3.63) is 52.4 Å². The summed E-state index contributed by atoms with van der Waals surface area (Å²) in [5.41, 5.74) is 2.75. The minimum absolute atomic E-state index is 0.00220. The molecule has 0 spiro atoms. The number of nitrogens with one attached hydrogen (secondary N) is 2. The number of carbonyl (C=O) groups is 4. The molecule has 6 aromatic rings. The number of aryl methyl sites for hydroxylation is 2. The van der Waals surface area contributed by atoms with Crippen LogP contribution in [0.25, 0.3) is 45.1 Å². The first-order valence-electron chi connectivity index (χ1n) is 20.4. The third-order valence-corrected chi connectivity index (χ3v) is 11.7. The van der Waals surface area contributed by atoms with Crippen LogP contribution in [0.2, 0.25) is 0 Å². The van der Waals surface area contributed by atoms with Crippen molar-refractivity contribution < 1.29 is 72.6 Å². The van der Waals surface area contributed by atoms with Crippen LogP contribution >= 0.6 is 15.9 Å². The van der Waals surface area contributed by atoms with Gasteiger partial charge in [-0.05, 0) is 67.9 Å². The van der Waals surface area contributed by atoms with Crippen molar-refractivity contribution in [3.63, 3.8) is 0 Å². The number of ether oxygens (including phenoxy) is 2. The zero-order valence-electron chi connectivity index (χ0n) is 36.4. The Morgan fingerprint density at radius 3 is 1.49 bits per heavy atom. The molecule has 372 valence electrons. The number of nitrogens with two attached hydrogens (primary N) is 1. The van der Waals surface area contributed by atoms with Crippen LogP contribution in [0, 0.1) is 0 Å². The van der Waals surface area contributed by atoms with E-state index < -0.39 is 84.7 Å². The van der Waals surface area contributed by atoms with E-state index in [-0.39, 0.29) is 91.5 Å². The summed E-state index contributed by atoms with van der Waals surface area (Å²) in [6.45, 7) is 4.27. The van der Waals surface area contributed by atoms with Gasteiger partial charge in [0.25, 0.3) is 0 Å². The lowest BCUT2D eigenvalue weighted by Gasteiger charge is -2.20. The number of fused-ring (bicyclic) bond motifs is 4. The maximum absolute atomic E-state index is 13.5. The predicted octanol–water partition coefficient (Wildman–Crippen LogP) is 6.84. The molecule has 2 unspecified atom stereocenters. The number of nitrogen functional groups attached to an aromatic ring is 1. The molecule has 2 amide bonds. The Morgan fingerprint density at radius 1 is 0.671 bits per heavy atom. The number of hydrogen-bond acceptors (Lipinski definition) is 15. The highest BCUT2D eigenvalue weighted by molar-refractivity contribution is 9.10. The van der Waals surface area contributed by atoms with E-state index in [1.165, 1.54) is 50.5 Å². The molecule has 0 bridgehead atoms. The van der Waals surface area contributed by atoms with E-state index in [1.54, 1.807) is 13.8 Å². The van der Waals surface area contributed by atoms with Crippen molar-refractivity contribution in [3.8, 4) is 23.0 Å². The first kappa shape index (κ1) is 50.7. The lowest BCUT2D eigenvalue weighted by Crippen LogP contribution is -2.41. The maximum atomic E-state index is 13.5. The van der Waals surface area contributed by atoms with E-state index >= 15 is 0 Å². The minimum Gasteiger partial charge on any atom is -0.465 e. The molecular weight excluding hydrogens is 1030 g/mol. The Bertz CT molecular complexity index is 2890. The van der Waals surface area contributed by atoms with Gasteiger partial charge in [0.1, 0.15) is 33.4 Å². The van der Waals surface area contributed by atoms with Gasteiger partial charge in [-0.15, -0.1) is 0 Å². The molecule has 0 aromatic carbocycles. The van der Waals surface area contributed by atoms with Crippen LogP contribution in [0.15, 0.2) is 41.3 Å². The number of halogens is 11. The molecule has 0 aliphatic carbocycles. The standard InChI is InChI=1S/C20H16BrF5N6O3.C20H18F5N7O3/c1-3-35-17(34)18(2)10-12(21)28-14(29-13(10)30-16(18)33)11-9-5-4-7-27-15(9)32(31-11)8-6-19(22,23)20(24,25)26;1-3-35-17(34)18(2)10-12(26)28-14(29-13(10)30-16(18)33)11-9-5-4-7-27-15(9)32(31-11)8-6-19(21,22)20(23,24)25/h4-5,7H,3,6,8H2,1-2H3,(H,28,29,30,33);4-5,7H,3,6,8H2,1-2H3,(H3,26,28,29,30,33). The summed E-state index contributed by atoms with van der Waals surface area (Å²) in [6.07, 6.45) is -11.9. The SMILES string of the molecule is CCOC(=O)C1(C)C(=O)Nc2nc(-c3nn(CCC(F)(F)C(F)(F)F)c4ncccc34)nc(Br)c21.CCOC(=O)C1(C)C(=O)Nc2nc(-c3nn(CCC(F)(F)C(F)(F)F)c4ncccc34)nc(N)c21. The van der Waals surface area contributed by atoms with Crippen molar-refractivity contribution >= 4 is 79.2 Å². The molecule has 0 fully saturated rings. The number of hydrogen-bond donors (Lipinski definition) is 3. The molecule has 0 saturated carbocycles. The molecular formula is C40H34BrF10N13O6. The second-order valence-corrected chi connectivity index (χ2v) is 16.4. The fourth-order valence-electron chi connectivity index (χ4n) is 7.31. The second kappa shape index (κ2) is 18.0. The van der Waals surface area contributed by atoms with Gasteiger partial charge in [-0.2, -0.15) is 54.1 Å². The van der Waals surface area contributed by atoms with Crippen molar-refractivity contribution in [2.75, 3.05) is 29.6 Å². The minimum atomic E-state index is -5.71. The first-order chi connectivity index (χ1) is 32.6. The third-order valence-electron chi connectivity index (χ3n) is 11.1. The first-order valence-corrected chi connectivity index (χ1v) is 21.2. The third kappa shape index (κ3) is 8.64. The Labute approximate surface area is 394 Å². The van der Waals surface area contributed by atoms with Gasteiger partial charge < -0.3 is 25.8 Å². The summed E-state index contributed by atoms with van der Waals surface area (Å²) in [6, 6.07) is 6.04. The van der Waals surface area contributed by atoms with Gasteiger partial charge in [0.05, 0.1) is 35.1 Å².